The Morgan fingerprint density at radius 1 is 0.921 bits per heavy atom. The second-order valence-electron chi connectivity index (χ2n) is 11.7. The molecule has 0 atom stereocenters. The van der Waals surface area contributed by atoms with Gasteiger partial charge in [-0.1, -0.05) is 64.2 Å². The fraction of sp³-hybridized carbons (Fsp3) is 0.706. The van der Waals surface area contributed by atoms with Gasteiger partial charge in [0, 0.05) is 13.7 Å². The number of aldehydes is 1. The molecule has 0 spiro atoms. The van der Waals surface area contributed by atoms with E-state index in [1.165, 1.54) is 82.3 Å². The first-order chi connectivity index (χ1) is 18.4. The van der Waals surface area contributed by atoms with Crippen molar-refractivity contribution in [2.45, 2.75) is 117 Å². The number of carbonyl (C=O) groups is 2. The van der Waals surface area contributed by atoms with Crippen molar-refractivity contribution in [2.24, 2.45) is 23.7 Å². The zero-order chi connectivity index (χ0) is 27.8. The van der Waals surface area contributed by atoms with Gasteiger partial charge in [0.25, 0.3) is 0 Å². The van der Waals surface area contributed by atoms with Crippen molar-refractivity contribution >= 4 is 12.3 Å². The molecule has 214 valence electrons. The van der Waals surface area contributed by atoms with E-state index in [-0.39, 0.29) is 11.9 Å². The van der Waals surface area contributed by atoms with Crippen LogP contribution in [0.5, 0.6) is 5.75 Å². The first kappa shape index (κ1) is 32.3. The maximum absolute atomic E-state index is 13.0. The maximum Gasteiger partial charge on any atom is 0.314 e. The van der Waals surface area contributed by atoms with Crippen LogP contribution in [0.1, 0.15) is 114 Å². The third-order valence-corrected chi connectivity index (χ3v) is 8.74. The Kier molecular flexibility index (Phi) is 15.6. The first-order valence-corrected chi connectivity index (χ1v) is 15.3. The van der Waals surface area contributed by atoms with E-state index >= 15 is 0 Å². The summed E-state index contributed by atoms with van der Waals surface area (Å²) in [6.07, 6.45) is 20.6. The Hall–Kier alpha value is -1.94. The van der Waals surface area contributed by atoms with E-state index in [0.717, 1.165) is 66.9 Å². The van der Waals surface area contributed by atoms with Gasteiger partial charge < -0.3 is 9.47 Å². The van der Waals surface area contributed by atoms with E-state index in [9.17, 15) is 4.79 Å². The van der Waals surface area contributed by atoms with Crippen molar-refractivity contribution in [2.75, 3.05) is 13.7 Å². The van der Waals surface area contributed by atoms with Crippen LogP contribution in [0.25, 0.3) is 0 Å². The van der Waals surface area contributed by atoms with Crippen molar-refractivity contribution in [1.29, 1.82) is 0 Å². The molecule has 0 aliphatic heterocycles. The lowest BCUT2D eigenvalue weighted by atomic mass is 9.69. The minimum atomic E-state index is 0.00203. The fourth-order valence-electron chi connectivity index (χ4n) is 6.64. The van der Waals surface area contributed by atoms with Gasteiger partial charge in [-0.2, -0.15) is 0 Å². The number of hydrogen-bond donors (Lipinski definition) is 0. The molecule has 0 N–H and O–H groups in total. The molecule has 0 radical (unpaired) electrons. The normalized spacial score (nSPS) is 23.2. The van der Waals surface area contributed by atoms with Crippen molar-refractivity contribution in [3.8, 4) is 5.75 Å². The Balaban J connectivity index is 0.00000118. The number of benzene rings is 1. The van der Waals surface area contributed by atoms with E-state index in [2.05, 4.69) is 39.5 Å². The SMILES string of the molecule is C=CC=O.CCCC1CCC(C2CCC(C(=O)Oc3c(C)cc(CCCCCCOC)cc3C)CC2)CC1. The highest BCUT2D eigenvalue weighted by Crippen LogP contribution is 2.42. The number of allylic oxidation sites excluding steroid dienone is 1. The Labute approximate surface area is 233 Å². The lowest BCUT2D eigenvalue weighted by Crippen LogP contribution is -2.30. The van der Waals surface area contributed by atoms with Gasteiger partial charge >= 0.3 is 5.97 Å². The van der Waals surface area contributed by atoms with E-state index in [4.69, 9.17) is 14.3 Å². The number of rotatable bonds is 13. The molecule has 1 aromatic rings. The molecule has 0 saturated heterocycles. The summed E-state index contributed by atoms with van der Waals surface area (Å²) in [6.45, 7) is 10.5. The number of hydrogen-bond acceptors (Lipinski definition) is 4. The quantitative estimate of drug-likeness (QED) is 0.0847. The van der Waals surface area contributed by atoms with Gasteiger partial charge in [0.05, 0.1) is 5.92 Å². The van der Waals surface area contributed by atoms with Crippen molar-refractivity contribution in [1.82, 2.24) is 0 Å². The summed E-state index contributed by atoms with van der Waals surface area (Å²) < 4.78 is 11.1. The third-order valence-electron chi connectivity index (χ3n) is 8.74. The molecule has 0 heterocycles. The number of ether oxygens (including phenoxy) is 2. The Bertz CT molecular complexity index is 800. The van der Waals surface area contributed by atoms with Crippen LogP contribution in [0, 0.1) is 37.5 Å². The van der Waals surface area contributed by atoms with Gasteiger partial charge in [0.1, 0.15) is 12.0 Å². The topological polar surface area (TPSA) is 52.6 Å². The minimum absolute atomic E-state index is 0.00203. The molecular weight excluding hydrogens is 472 g/mol. The molecule has 0 aromatic heterocycles. The van der Waals surface area contributed by atoms with Crippen molar-refractivity contribution < 1.29 is 19.1 Å². The van der Waals surface area contributed by atoms with E-state index < -0.39 is 0 Å². The highest BCUT2D eigenvalue weighted by Gasteiger charge is 2.33. The van der Waals surface area contributed by atoms with E-state index in [1.807, 2.05) is 0 Å². The summed E-state index contributed by atoms with van der Waals surface area (Å²) in [6, 6.07) is 4.44. The smallest absolute Gasteiger partial charge is 0.314 e. The highest BCUT2D eigenvalue weighted by atomic mass is 16.5. The predicted molar refractivity (Wildman–Crippen MR) is 158 cm³/mol. The number of aryl methyl sites for hydroxylation is 3. The summed E-state index contributed by atoms with van der Waals surface area (Å²) in [5.41, 5.74) is 3.55. The summed E-state index contributed by atoms with van der Waals surface area (Å²) in [4.78, 5) is 22.1. The van der Waals surface area contributed by atoms with Gasteiger partial charge in [-0.05, 0) is 112 Å². The number of carbonyl (C=O) groups excluding carboxylic acids is 2. The summed E-state index contributed by atoms with van der Waals surface area (Å²) in [7, 11) is 1.77. The number of esters is 1. The predicted octanol–water partition coefficient (Wildman–Crippen LogP) is 8.74. The molecule has 2 aliphatic carbocycles. The van der Waals surface area contributed by atoms with Gasteiger partial charge in [-0.25, -0.2) is 0 Å². The molecule has 38 heavy (non-hydrogen) atoms. The molecule has 4 heteroatoms. The largest absolute Gasteiger partial charge is 0.426 e. The molecule has 0 unspecified atom stereocenters. The fourth-order valence-corrected chi connectivity index (χ4v) is 6.64. The molecular formula is C34H54O4. The molecule has 4 nitrogen and oxygen atoms in total. The zero-order valence-corrected chi connectivity index (χ0v) is 24.8. The molecule has 0 amide bonds. The van der Waals surface area contributed by atoms with E-state index in [1.54, 1.807) is 7.11 Å². The van der Waals surface area contributed by atoms with Crippen molar-refractivity contribution in [3.63, 3.8) is 0 Å². The Morgan fingerprint density at radius 3 is 2.00 bits per heavy atom. The van der Waals surface area contributed by atoms with Gasteiger partial charge in [-0.3, -0.25) is 9.59 Å². The van der Waals surface area contributed by atoms with Crippen LogP contribution in [0.2, 0.25) is 0 Å². The Morgan fingerprint density at radius 2 is 1.47 bits per heavy atom. The standard InChI is InChI=1S/C31H50O3.C3H4O/c1-5-10-25-12-14-27(15-13-25)28-16-18-29(19-17-28)31(32)34-30-23(2)21-26(22-24(30)3)11-8-6-7-9-20-33-4;1-2-3-4/h21-22,25,27-29H,5-20H2,1-4H3;2-3H,1H2. The summed E-state index contributed by atoms with van der Waals surface area (Å²) >= 11 is 0. The minimum Gasteiger partial charge on any atom is -0.426 e. The van der Waals surface area contributed by atoms with Crippen LogP contribution in [-0.2, 0) is 20.7 Å². The second kappa shape index (κ2) is 18.4. The number of methoxy groups -OCH3 is 1. The first-order valence-electron chi connectivity index (χ1n) is 15.3. The van der Waals surface area contributed by atoms with Crippen LogP contribution in [-0.4, -0.2) is 26.0 Å². The zero-order valence-electron chi connectivity index (χ0n) is 24.8. The lowest BCUT2D eigenvalue weighted by Gasteiger charge is -2.37. The molecule has 0 bridgehead atoms. The molecule has 2 saturated carbocycles. The van der Waals surface area contributed by atoms with Crippen molar-refractivity contribution in [3.05, 3.63) is 41.5 Å². The molecule has 1 aromatic carbocycles. The maximum atomic E-state index is 13.0. The third kappa shape index (κ3) is 11.0. The highest BCUT2D eigenvalue weighted by molar-refractivity contribution is 5.76. The van der Waals surface area contributed by atoms with Crippen LogP contribution in [0.3, 0.4) is 0 Å². The summed E-state index contributed by atoms with van der Waals surface area (Å²) in [5.74, 6) is 3.60. The van der Waals surface area contributed by atoms with Crippen LogP contribution < -0.4 is 4.74 Å². The average molecular weight is 527 g/mol. The lowest BCUT2D eigenvalue weighted by molar-refractivity contribution is -0.140. The molecule has 2 fully saturated rings. The van der Waals surface area contributed by atoms with Crippen LogP contribution in [0.15, 0.2) is 24.8 Å². The van der Waals surface area contributed by atoms with Crippen LogP contribution in [0.4, 0.5) is 0 Å². The summed E-state index contributed by atoms with van der Waals surface area (Å²) in [5, 5.41) is 0. The van der Waals surface area contributed by atoms with Gasteiger partial charge in [0.2, 0.25) is 0 Å². The number of unbranched alkanes of at least 4 members (excludes halogenated alkanes) is 3. The molecule has 2 aliphatic rings. The van der Waals surface area contributed by atoms with Crippen LogP contribution >= 0.6 is 0 Å². The monoisotopic (exact) mass is 526 g/mol. The molecule has 3 rings (SSSR count). The van der Waals surface area contributed by atoms with Gasteiger partial charge in [-0.15, -0.1) is 0 Å². The van der Waals surface area contributed by atoms with E-state index in [0.29, 0.717) is 6.29 Å². The average Bonchev–Trinajstić information content (AvgIpc) is 2.93. The second-order valence-corrected chi connectivity index (χ2v) is 11.7. The van der Waals surface area contributed by atoms with Gasteiger partial charge in [0.15, 0.2) is 0 Å².